The van der Waals surface area contributed by atoms with Crippen LogP contribution >= 0.6 is 0 Å². The molecule has 3 rings (SSSR count). The standard InChI is InChI=1S/C20H24N2O3/c1-13-11-18(15(3)22(13)17-9-10-17)20(24)25-12-19(23)21-14(2)16-7-5-4-6-8-16/h4-8,11,14,17H,9-10,12H2,1-3H3,(H,21,23). The minimum Gasteiger partial charge on any atom is -0.452 e. The Balaban J connectivity index is 1.55. The fourth-order valence-corrected chi connectivity index (χ4v) is 3.20. The van der Waals surface area contributed by atoms with E-state index in [-0.39, 0.29) is 18.6 Å². The van der Waals surface area contributed by atoms with E-state index in [2.05, 4.69) is 9.88 Å². The number of aryl methyl sites for hydroxylation is 1. The predicted octanol–water partition coefficient (Wildman–Crippen LogP) is 3.47. The number of carbonyl (C=O) groups is 2. The molecule has 5 nitrogen and oxygen atoms in total. The molecule has 132 valence electrons. The molecule has 0 aliphatic heterocycles. The van der Waals surface area contributed by atoms with Crippen molar-refractivity contribution in [1.82, 2.24) is 9.88 Å². The highest BCUT2D eigenvalue weighted by atomic mass is 16.5. The van der Waals surface area contributed by atoms with Crippen LogP contribution in [0.5, 0.6) is 0 Å². The van der Waals surface area contributed by atoms with Crippen LogP contribution in [0.15, 0.2) is 36.4 Å². The van der Waals surface area contributed by atoms with Gasteiger partial charge < -0.3 is 14.6 Å². The lowest BCUT2D eigenvalue weighted by Crippen LogP contribution is -2.31. The second-order valence-electron chi connectivity index (χ2n) is 6.66. The summed E-state index contributed by atoms with van der Waals surface area (Å²) in [6, 6.07) is 11.9. The van der Waals surface area contributed by atoms with Crippen molar-refractivity contribution in [2.45, 2.75) is 45.7 Å². The van der Waals surface area contributed by atoms with Gasteiger partial charge in [-0.05, 0) is 45.2 Å². The molecule has 1 saturated carbocycles. The third-order valence-electron chi connectivity index (χ3n) is 4.63. The molecule has 5 heteroatoms. The SMILES string of the molecule is Cc1cc(C(=O)OCC(=O)NC(C)c2ccccc2)c(C)n1C1CC1. The highest BCUT2D eigenvalue weighted by molar-refractivity contribution is 5.92. The predicted molar refractivity (Wildman–Crippen MR) is 95.5 cm³/mol. The fraction of sp³-hybridized carbons (Fsp3) is 0.400. The van der Waals surface area contributed by atoms with Gasteiger partial charge in [-0.15, -0.1) is 0 Å². The number of amides is 1. The largest absolute Gasteiger partial charge is 0.452 e. The van der Waals surface area contributed by atoms with Gasteiger partial charge in [0, 0.05) is 17.4 Å². The molecule has 1 unspecified atom stereocenters. The van der Waals surface area contributed by atoms with E-state index in [1.807, 2.05) is 57.2 Å². The van der Waals surface area contributed by atoms with Crippen molar-refractivity contribution in [2.75, 3.05) is 6.61 Å². The van der Waals surface area contributed by atoms with Crippen LogP contribution in [0.4, 0.5) is 0 Å². The van der Waals surface area contributed by atoms with Crippen molar-refractivity contribution in [1.29, 1.82) is 0 Å². The minimum absolute atomic E-state index is 0.132. The van der Waals surface area contributed by atoms with Gasteiger partial charge in [-0.2, -0.15) is 0 Å². The molecule has 1 heterocycles. The van der Waals surface area contributed by atoms with E-state index in [4.69, 9.17) is 4.74 Å². The monoisotopic (exact) mass is 340 g/mol. The number of aromatic nitrogens is 1. The molecule has 0 bridgehead atoms. The van der Waals surface area contributed by atoms with E-state index < -0.39 is 5.97 Å². The molecule has 1 aliphatic carbocycles. The molecular formula is C20H24N2O3. The third kappa shape index (κ3) is 3.92. The van der Waals surface area contributed by atoms with Gasteiger partial charge in [0.2, 0.25) is 0 Å². The maximum absolute atomic E-state index is 12.3. The topological polar surface area (TPSA) is 60.3 Å². The lowest BCUT2D eigenvalue weighted by atomic mass is 10.1. The average Bonchev–Trinajstić information content (AvgIpc) is 3.38. The molecule has 0 spiro atoms. The number of nitrogens with one attached hydrogen (secondary N) is 1. The molecule has 1 aliphatic rings. The van der Waals surface area contributed by atoms with E-state index in [1.54, 1.807) is 0 Å². The molecule has 2 aromatic rings. The van der Waals surface area contributed by atoms with Crippen molar-refractivity contribution >= 4 is 11.9 Å². The Labute approximate surface area is 148 Å². The van der Waals surface area contributed by atoms with Gasteiger partial charge in [0.25, 0.3) is 5.91 Å². The number of nitrogens with zero attached hydrogens (tertiary/aromatic N) is 1. The smallest absolute Gasteiger partial charge is 0.340 e. The van der Waals surface area contributed by atoms with Crippen molar-refractivity contribution in [3.05, 3.63) is 58.9 Å². The fourth-order valence-electron chi connectivity index (χ4n) is 3.20. The molecule has 0 saturated heterocycles. The number of benzene rings is 1. The molecule has 1 atom stereocenters. The quantitative estimate of drug-likeness (QED) is 0.819. The summed E-state index contributed by atoms with van der Waals surface area (Å²) < 4.78 is 7.40. The number of rotatable bonds is 6. The molecule has 25 heavy (non-hydrogen) atoms. The van der Waals surface area contributed by atoms with Crippen LogP contribution in [0.1, 0.15) is 59.2 Å². The summed E-state index contributed by atoms with van der Waals surface area (Å²) in [5.41, 5.74) is 3.54. The maximum Gasteiger partial charge on any atom is 0.340 e. The van der Waals surface area contributed by atoms with Gasteiger partial charge in [0.15, 0.2) is 6.61 Å². The van der Waals surface area contributed by atoms with E-state index in [0.717, 1.165) is 29.8 Å². The summed E-state index contributed by atoms with van der Waals surface area (Å²) in [6.07, 6.45) is 2.31. The van der Waals surface area contributed by atoms with Crippen LogP contribution in [-0.2, 0) is 9.53 Å². The lowest BCUT2D eigenvalue weighted by molar-refractivity contribution is -0.124. The molecule has 1 fully saturated rings. The lowest BCUT2D eigenvalue weighted by Gasteiger charge is -2.14. The molecular weight excluding hydrogens is 316 g/mol. The van der Waals surface area contributed by atoms with Gasteiger partial charge in [0.05, 0.1) is 11.6 Å². The molecule has 1 N–H and O–H groups in total. The summed E-state index contributed by atoms with van der Waals surface area (Å²) in [5, 5.41) is 2.84. The first-order valence-electron chi connectivity index (χ1n) is 8.67. The normalized spacial score (nSPS) is 14.8. The highest BCUT2D eigenvalue weighted by Gasteiger charge is 2.28. The minimum atomic E-state index is -0.442. The number of hydrogen-bond donors (Lipinski definition) is 1. The first kappa shape index (κ1) is 17.3. The Kier molecular flexibility index (Phi) is 4.93. The Bertz CT molecular complexity index is 776. The van der Waals surface area contributed by atoms with Crippen LogP contribution in [0.2, 0.25) is 0 Å². The van der Waals surface area contributed by atoms with Crippen LogP contribution in [0.3, 0.4) is 0 Å². The molecule has 1 aromatic heterocycles. The van der Waals surface area contributed by atoms with Crippen molar-refractivity contribution < 1.29 is 14.3 Å². The zero-order valence-corrected chi connectivity index (χ0v) is 14.9. The Morgan fingerprint density at radius 3 is 2.56 bits per heavy atom. The number of hydrogen-bond acceptors (Lipinski definition) is 3. The summed E-state index contributed by atoms with van der Waals surface area (Å²) in [5.74, 6) is -0.747. The maximum atomic E-state index is 12.3. The van der Waals surface area contributed by atoms with Gasteiger partial charge in [-0.1, -0.05) is 30.3 Å². The van der Waals surface area contributed by atoms with E-state index >= 15 is 0 Å². The number of carbonyl (C=O) groups excluding carboxylic acids is 2. The summed E-state index contributed by atoms with van der Waals surface area (Å²) in [6.45, 7) is 5.55. The zero-order valence-electron chi connectivity index (χ0n) is 14.9. The summed E-state index contributed by atoms with van der Waals surface area (Å²) >= 11 is 0. The van der Waals surface area contributed by atoms with Gasteiger partial charge in [-0.25, -0.2) is 4.79 Å². The van der Waals surface area contributed by atoms with E-state index in [1.165, 1.54) is 0 Å². The van der Waals surface area contributed by atoms with Crippen molar-refractivity contribution in [3.8, 4) is 0 Å². The highest BCUT2D eigenvalue weighted by Crippen LogP contribution is 2.38. The molecule has 1 amide bonds. The Morgan fingerprint density at radius 1 is 1.24 bits per heavy atom. The third-order valence-corrected chi connectivity index (χ3v) is 4.63. The molecule has 0 radical (unpaired) electrons. The number of ether oxygens (including phenoxy) is 1. The van der Waals surface area contributed by atoms with Crippen LogP contribution in [0, 0.1) is 13.8 Å². The first-order chi connectivity index (χ1) is 12.0. The van der Waals surface area contributed by atoms with E-state index in [9.17, 15) is 9.59 Å². The van der Waals surface area contributed by atoms with Crippen LogP contribution in [0.25, 0.3) is 0 Å². The van der Waals surface area contributed by atoms with Gasteiger partial charge >= 0.3 is 5.97 Å². The van der Waals surface area contributed by atoms with Crippen LogP contribution in [-0.4, -0.2) is 23.1 Å². The second-order valence-corrected chi connectivity index (χ2v) is 6.66. The summed E-state index contributed by atoms with van der Waals surface area (Å²) in [7, 11) is 0. The number of esters is 1. The van der Waals surface area contributed by atoms with Gasteiger partial charge in [0.1, 0.15) is 0 Å². The zero-order chi connectivity index (χ0) is 18.0. The Morgan fingerprint density at radius 2 is 1.92 bits per heavy atom. The summed E-state index contributed by atoms with van der Waals surface area (Å²) in [4.78, 5) is 24.4. The Hall–Kier alpha value is -2.56. The van der Waals surface area contributed by atoms with Crippen LogP contribution < -0.4 is 5.32 Å². The average molecular weight is 340 g/mol. The second kappa shape index (κ2) is 7.13. The van der Waals surface area contributed by atoms with Crippen molar-refractivity contribution in [2.24, 2.45) is 0 Å². The van der Waals surface area contributed by atoms with Gasteiger partial charge in [-0.3, -0.25) is 4.79 Å². The molecule has 1 aromatic carbocycles. The van der Waals surface area contributed by atoms with Crippen molar-refractivity contribution in [3.63, 3.8) is 0 Å². The first-order valence-corrected chi connectivity index (χ1v) is 8.67. The van der Waals surface area contributed by atoms with E-state index in [0.29, 0.717) is 11.6 Å².